The van der Waals surface area contributed by atoms with E-state index in [9.17, 15) is 8.42 Å². The van der Waals surface area contributed by atoms with Crippen molar-refractivity contribution in [2.45, 2.75) is 18.2 Å². The summed E-state index contributed by atoms with van der Waals surface area (Å²) in [7, 11) is -3.56. The molecule has 2 aromatic rings. The van der Waals surface area contributed by atoms with Crippen molar-refractivity contribution in [3.63, 3.8) is 0 Å². The Kier molecular flexibility index (Phi) is 4.98. The van der Waals surface area contributed by atoms with Crippen LogP contribution < -0.4 is 10.0 Å². The molecule has 4 nitrogen and oxygen atoms in total. The van der Waals surface area contributed by atoms with E-state index in [1.807, 2.05) is 31.2 Å². The summed E-state index contributed by atoms with van der Waals surface area (Å²) >= 11 is 0. The van der Waals surface area contributed by atoms with E-state index in [0.717, 1.165) is 5.56 Å². The molecule has 0 amide bonds. The predicted octanol–water partition coefficient (Wildman–Crippen LogP) is 2.54. The number of nitrogens with zero attached hydrogens (tertiary/aromatic N) is 1. The number of aryl methyl sites for hydroxylation is 1. The molecular weight excluding hydrogens is 284 g/mol. The van der Waals surface area contributed by atoms with Gasteiger partial charge in [-0.25, -0.2) is 8.42 Å². The average Bonchev–Trinajstić information content (AvgIpc) is 2.50. The van der Waals surface area contributed by atoms with Gasteiger partial charge in [0.25, 0.3) is 10.0 Å². The minimum atomic E-state index is -3.56. The Bertz CT molecular complexity index is 667. The largest absolute Gasteiger partial charge is 0.330 e. The zero-order valence-corrected chi connectivity index (χ0v) is 12.9. The number of hydrogen-bond donors (Lipinski definition) is 1. The van der Waals surface area contributed by atoms with Gasteiger partial charge in [-0.15, -0.1) is 0 Å². The third-order valence-electron chi connectivity index (χ3n) is 3.22. The fourth-order valence-corrected chi connectivity index (χ4v) is 3.58. The lowest BCUT2D eigenvalue weighted by Crippen LogP contribution is -2.33. The van der Waals surface area contributed by atoms with E-state index in [0.29, 0.717) is 30.1 Å². The van der Waals surface area contributed by atoms with Gasteiger partial charge in [0.05, 0.1) is 10.6 Å². The first-order valence-corrected chi connectivity index (χ1v) is 8.34. The van der Waals surface area contributed by atoms with Gasteiger partial charge in [0.1, 0.15) is 0 Å². The normalized spacial score (nSPS) is 11.3. The summed E-state index contributed by atoms with van der Waals surface area (Å²) in [5.74, 6) is 0. The third-order valence-corrected chi connectivity index (χ3v) is 5.06. The number of benzene rings is 2. The number of nitrogens with two attached hydrogens (primary N) is 1. The van der Waals surface area contributed by atoms with E-state index in [1.165, 1.54) is 4.31 Å². The Hall–Kier alpha value is -1.85. The van der Waals surface area contributed by atoms with Gasteiger partial charge in [-0.2, -0.15) is 0 Å². The van der Waals surface area contributed by atoms with Crippen LogP contribution in [0.1, 0.15) is 12.0 Å². The molecule has 2 rings (SSSR count). The van der Waals surface area contributed by atoms with Gasteiger partial charge in [-0.3, -0.25) is 4.31 Å². The molecular formula is C16H20N2O2S. The Balaban J connectivity index is 2.42. The highest BCUT2D eigenvalue weighted by Gasteiger charge is 2.24. The zero-order valence-electron chi connectivity index (χ0n) is 12.1. The Morgan fingerprint density at radius 3 is 2.19 bits per heavy atom. The summed E-state index contributed by atoms with van der Waals surface area (Å²) in [6.45, 7) is 2.79. The van der Waals surface area contributed by atoms with Crippen molar-refractivity contribution in [1.29, 1.82) is 0 Å². The van der Waals surface area contributed by atoms with Crippen LogP contribution in [0.2, 0.25) is 0 Å². The van der Waals surface area contributed by atoms with E-state index in [4.69, 9.17) is 5.73 Å². The SMILES string of the molecule is Cc1ccc(N(CCCN)S(=O)(=O)c2ccccc2)cc1. The van der Waals surface area contributed by atoms with Gasteiger partial charge in [-0.1, -0.05) is 35.9 Å². The molecule has 0 radical (unpaired) electrons. The molecule has 0 aliphatic carbocycles. The lowest BCUT2D eigenvalue weighted by atomic mass is 10.2. The molecule has 0 aliphatic heterocycles. The predicted molar refractivity (Wildman–Crippen MR) is 85.8 cm³/mol. The number of anilines is 1. The topological polar surface area (TPSA) is 63.4 Å². The fourth-order valence-electron chi connectivity index (χ4n) is 2.05. The monoisotopic (exact) mass is 304 g/mol. The summed E-state index contributed by atoms with van der Waals surface area (Å²) in [5.41, 5.74) is 7.30. The molecule has 2 aromatic carbocycles. The minimum absolute atomic E-state index is 0.294. The molecule has 0 aromatic heterocycles. The van der Waals surface area contributed by atoms with Crippen molar-refractivity contribution in [1.82, 2.24) is 0 Å². The van der Waals surface area contributed by atoms with E-state index in [-0.39, 0.29) is 0 Å². The van der Waals surface area contributed by atoms with Crippen LogP contribution in [0.15, 0.2) is 59.5 Å². The first-order valence-electron chi connectivity index (χ1n) is 6.90. The summed E-state index contributed by atoms with van der Waals surface area (Å²) in [5, 5.41) is 0. The standard InChI is InChI=1S/C16H20N2O2S/c1-14-8-10-15(11-9-14)18(13-5-12-17)21(19,20)16-6-3-2-4-7-16/h2-4,6-11H,5,12-13,17H2,1H3. The molecule has 0 aliphatic rings. The van der Waals surface area contributed by atoms with Crippen molar-refractivity contribution in [3.8, 4) is 0 Å². The molecule has 21 heavy (non-hydrogen) atoms. The molecule has 0 saturated heterocycles. The van der Waals surface area contributed by atoms with Crippen LogP contribution in [0.5, 0.6) is 0 Å². The van der Waals surface area contributed by atoms with Gasteiger partial charge in [-0.05, 0) is 44.2 Å². The van der Waals surface area contributed by atoms with Crippen molar-refractivity contribution < 1.29 is 8.42 Å². The minimum Gasteiger partial charge on any atom is -0.330 e. The van der Waals surface area contributed by atoms with Gasteiger partial charge >= 0.3 is 0 Å². The second-order valence-corrected chi connectivity index (χ2v) is 6.73. The van der Waals surface area contributed by atoms with E-state index in [1.54, 1.807) is 30.3 Å². The van der Waals surface area contributed by atoms with Crippen LogP contribution in [0.3, 0.4) is 0 Å². The first kappa shape index (κ1) is 15.5. The van der Waals surface area contributed by atoms with Crippen LogP contribution >= 0.6 is 0 Å². The maximum absolute atomic E-state index is 12.8. The molecule has 112 valence electrons. The third kappa shape index (κ3) is 3.62. The van der Waals surface area contributed by atoms with Crippen LogP contribution in [-0.4, -0.2) is 21.5 Å². The zero-order chi connectivity index (χ0) is 15.3. The Morgan fingerprint density at radius 2 is 1.62 bits per heavy atom. The second kappa shape index (κ2) is 6.74. The highest BCUT2D eigenvalue weighted by Crippen LogP contribution is 2.24. The van der Waals surface area contributed by atoms with Crippen LogP contribution in [0.4, 0.5) is 5.69 Å². The molecule has 0 unspecified atom stereocenters. The molecule has 0 saturated carbocycles. The molecule has 5 heteroatoms. The Morgan fingerprint density at radius 1 is 1.00 bits per heavy atom. The smallest absolute Gasteiger partial charge is 0.264 e. The highest BCUT2D eigenvalue weighted by molar-refractivity contribution is 7.92. The molecule has 0 atom stereocenters. The van der Waals surface area contributed by atoms with Crippen molar-refractivity contribution >= 4 is 15.7 Å². The lowest BCUT2D eigenvalue weighted by molar-refractivity contribution is 0.589. The van der Waals surface area contributed by atoms with Gasteiger partial charge in [0, 0.05) is 6.54 Å². The Labute approximate surface area is 126 Å². The molecule has 0 fully saturated rings. The molecule has 0 bridgehead atoms. The summed E-state index contributed by atoms with van der Waals surface area (Å²) < 4.78 is 27.0. The van der Waals surface area contributed by atoms with Crippen LogP contribution in [-0.2, 0) is 10.0 Å². The van der Waals surface area contributed by atoms with Crippen molar-refractivity contribution in [3.05, 3.63) is 60.2 Å². The van der Waals surface area contributed by atoms with Gasteiger partial charge in [0.15, 0.2) is 0 Å². The number of hydrogen-bond acceptors (Lipinski definition) is 3. The summed E-state index contributed by atoms with van der Waals surface area (Å²) in [6.07, 6.45) is 0.611. The van der Waals surface area contributed by atoms with E-state index in [2.05, 4.69) is 0 Å². The second-order valence-electron chi connectivity index (χ2n) is 4.87. The lowest BCUT2D eigenvalue weighted by Gasteiger charge is -2.24. The number of rotatable bonds is 6. The van der Waals surface area contributed by atoms with E-state index < -0.39 is 10.0 Å². The maximum atomic E-state index is 12.8. The van der Waals surface area contributed by atoms with Gasteiger partial charge < -0.3 is 5.73 Å². The summed E-state index contributed by atoms with van der Waals surface area (Å²) in [4.78, 5) is 0.294. The van der Waals surface area contributed by atoms with Crippen molar-refractivity contribution in [2.75, 3.05) is 17.4 Å². The van der Waals surface area contributed by atoms with Crippen molar-refractivity contribution in [2.24, 2.45) is 5.73 Å². The fraction of sp³-hybridized carbons (Fsp3) is 0.250. The highest BCUT2D eigenvalue weighted by atomic mass is 32.2. The summed E-state index contributed by atoms with van der Waals surface area (Å²) in [6, 6.07) is 15.9. The average molecular weight is 304 g/mol. The molecule has 0 spiro atoms. The van der Waals surface area contributed by atoms with Crippen LogP contribution in [0, 0.1) is 6.92 Å². The molecule has 2 N–H and O–H groups in total. The van der Waals surface area contributed by atoms with E-state index >= 15 is 0 Å². The van der Waals surface area contributed by atoms with Gasteiger partial charge in [0.2, 0.25) is 0 Å². The quantitative estimate of drug-likeness (QED) is 0.892. The molecule has 0 heterocycles. The van der Waals surface area contributed by atoms with Crippen LogP contribution in [0.25, 0.3) is 0 Å². The maximum Gasteiger partial charge on any atom is 0.264 e. The first-order chi connectivity index (χ1) is 10.1. The number of sulfonamides is 1.